The van der Waals surface area contributed by atoms with Gasteiger partial charge in [-0.05, 0) is 36.6 Å². The summed E-state index contributed by atoms with van der Waals surface area (Å²) in [5, 5.41) is 3.50. The van der Waals surface area contributed by atoms with Gasteiger partial charge in [0, 0.05) is 23.2 Å². The highest BCUT2D eigenvalue weighted by Gasteiger charge is 2.22. The molecule has 21 heavy (non-hydrogen) atoms. The number of benzene rings is 1. The van der Waals surface area contributed by atoms with Crippen LogP contribution in [0, 0.1) is 5.92 Å². The van der Waals surface area contributed by atoms with E-state index in [1.807, 2.05) is 0 Å². The van der Waals surface area contributed by atoms with E-state index in [9.17, 15) is 0 Å². The van der Waals surface area contributed by atoms with Crippen LogP contribution in [0.15, 0.2) is 22.7 Å². The van der Waals surface area contributed by atoms with Gasteiger partial charge in [0.1, 0.15) is 0 Å². The van der Waals surface area contributed by atoms with E-state index in [-0.39, 0.29) is 0 Å². The summed E-state index contributed by atoms with van der Waals surface area (Å²) in [4.78, 5) is 2.47. The maximum atomic E-state index is 5.59. The first-order chi connectivity index (χ1) is 10.1. The van der Waals surface area contributed by atoms with Gasteiger partial charge in [0.25, 0.3) is 0 Å². The van der Waals surface area contributed by atoms with Gasteiger partial charge >= 0.3 is 0 Å². The third-order valence-electron chi connectivity index (χ3n) is 3.94. The minimum Gasteiger partial charge on any atom is -0.377 e. The molecule has 1 aromatic carbocycles. The summed E-state index contributed by atoms with van der Waals surface area (Å²) >= 11 is 3.72. The van der Waals surface area contributed by atoms with Crippen LogP contribution in [0.4, 0.5) is 5.69 Å². The Hall–Kier alpha value is -0.580. The van der Waals surface area contributed by atoms with Gasteiger partial charge in [-0.1, -0.05) is 42.8 Å². The molecule has 0 bridgehead atoms. The Labute approximate surface area is 137 Å². The largest absolute Gasteiger partial charge is 0.377 e. The molecular weight excluding hydrogens is 328 g/mol. The Morgan fingerprint density at radius 3 is 2.90 bits per heavy atom. The third kappa shape index (κ3) is 4.70. The normalized spacial score (nSPS) is 19.3. The van der Waals surface area contributed by atoms with Crippen molar-refractivity contribution in [3.8, 4) is 0 Å². The molecule has 1 heterocycles. The molecule has 0 spiro atoms. The minimum absolute atomic E-state index is 0.496. The molecular formula is C17H27BrN2O. The zero-order chi connectivity index (χ0) is 15.2. The van der Waals surface area contributed by atoms with Crippen LogP contribution in [-0.2, 0) is 11.3 Å². The molecule has 4 heteroatoms. The van der Waals surface area contributed by atoms with Gasteiger partial charge in [0.15, 0.2) is 0 Å². The second kappa shape index (κ2) is 8.16. The standard InChI is InChI=1S/C17H27BrN2O/c1-4-15-12-21-8-7-20(15)16-6-5-14(17(18)9-16)11-19-10-13(2)3/h5-6,9,13,15,19H,4,7-8,10-12H2,1-3H3. The second-order valence-electron chi connectivity index (χ2n) is 6.13. The van der Waals surface area contributed by atoms with Gasteiger partial charge in [0.05, 0.1) is 19.3 Å². The molecule has 0 aliphatic carbocycles. The van der Waals surface area contributed by atoms with Crippen LogP contribution in [0.1, 0.15) is 32.8 Å². The lowest BCUT2D eigenvalue weighted by Crippen LogP contribution is -2.45. The lowest BCUT2D eigenvalue weighted by Gasteiger charge is -2.37. The summed E-state index contributed by atoms with van der Waals surface area (Å²) in [7, 11) is 0. The molecule has 0 aromatic heterocycles. The van der Waals surface area contributed by atoms with Crippen LogP contribution in [0.3, 0.4) is 0 Å². The molecule has 0 saturated carbocycles. The smallest absolute Gasteiger partial charge is 0.0670 e. The maximum Gasteiger partial charge on any atom is 0.0670 e. The zero-order valence-electron chi connectivity index (χ0n) is 13.4. The highest BCUT2D eigenvalue weighted by Crippen LogP contribution is 2.27. The molecule has 3 nitrogen and oxygen atoms in total. The fraction of sp³-hybridized carbons (Fsp3) is 0.647. The lowest BCUT2D eigenvalue weighted by molar-refractivity contribution is 0.0930. The molecule has 1 fully saturated rings. The SMILES string of the molecule is CCC1COCCN1c1ccc(CNCC(C)C)c(Br)c1. The van der Waals surface area contributed by atoms with Gasteiger partial charge in [-0.3, -0.25) is 0 Å². The number of anilines is 1. The van der Waals surface area contributed by atoms with Crippen LogP contribution >= 0.6 is 15.9 Å². The quantitative estimate of drug-likeness (QED) is 0.840. The molecule has 1 unspecified atom stereocenters. The van der Waals surface area contributed by atoms with E-state index in [1.54, 1.807) is 0 Å². The molecule has 1 aliphatic heterocycles. The fourth-order valence-electron chi connectivity index (χ4n) is 2.69. The van der Waals surface area contributed by atoms with Gasteiger partial charge < -0.3 is 15.0 Å². The molecule has 0 amide bonds. The topological polar surface area (TPSA) is 24.5 Å². The molecule has 1 N–H and O–H groups in total. The Morgan fingerprint density at radius 2 is 2.24 bits per heavy atom. The molecule has 2 rings (SSSR count). The van der Waals surface area contributed by atoms with Crippen molar-refractivity contribution < 1.29 is 4.74 Å². The Balaban J connectivity index is 2.03. The number of ether oxygens (including phenoxy) is 1. The first-order valence-electron chi connectivity index (χ1n) is 7.95. The van der Waals surface area contributed by atoms with E-state index in [0.29, 0.717) is 12.0 Å². The second-order valence-corrected chi connectivity index (χ2v) is 6.99. The van der Waals surface area contributed by atoms with Gasteiger partial charge in [-0.15, -0.1) is 0 Å². The van der Waals surface area contributed by atoms with Gasteiger partial charge in [-0.25, -0.2) is 0 Å². The average molecular weight is 355 g/mol. The van der Waals surface area contributed by atoms with Crippen molar-refractivity contribution >= 4 is 21.6 Å². The predicted molar refractivity (Wildman–Crippen MR) is 92.9 cm³/mol. The summed E-state index contributed by atoms with van der Waals surface area (Å²) < 4.78 is 6.78. The number of rotatable bonds is 6. The van der Waals surface area contributed by atoms with E-state index in [1.165, 1.54) is 15.7 Å². The van der Waals surface area contributed by atoms with Crippen molar-refractivity contribution in [1.29, 1.82) is 0 Å². The highest BCUT2D eigenvalue weighted by molar-refractivity contribution is 9.10. The van der Waals surface area contributed by atoms with Crippen molar-refractivity contribution in [2.75, 3.05) is 31.2 Å². The monoisotopic (exact) mass is 354 g/mol. The predicted octanol–water partition coefficient (Wildman–Crippen LogP) is 3.81. The first kappa shape index (κ1) is 16.8. The maximum absolute atomic E-state index is 5.59. The van der Waals surface area contributed by atoms with Crippen molar-refractivity contribution in [1.82, 2.24) is 5.32 Å². The minimum atomic E-state index is 0.496. The number of nitrogens with zero attached hydrogens (tertiary/aromatic N) is 1. The number of nitrogens with one attached hydrogen (secondary N) is 1. The van der Waals surface area contributed by atoms with E-state index < -0.39 is 0 Å². The van der Waals surface area contributed by atoms with E-state index in [0.717, 1.165) is 39.3 Å². The lowest BCUT2D eigenvalue weighted by atomic mass is 10.1. The van der Waals surface area contributed by atoms with Gasteiger partial charge in [-0.2, -0.15) is 0 Å². The van der Waals surface area contributed by atoms with E-state index in [4.69, 9.17) is 4.74 Å². The molecule has 1 atom stereocenters. The Bertz CT molecular complexity index is 450. The van der Waals surface area contributed by atoms with Crippen LogP contribution in [0.5, 0.6) is 0 Å². The van der Waals surface area contributed by atoms with Crippen molar-refractivity contribution in [3.05, 3.63) is 28.2 Å². The third-order valence-corrected chi connectivity index (χ3v) is 4.67. The van der Waals surface area contributed by atoms with Crippen molar-refractivity contribution in [2.45, 2.75) is 39.8 Å². The van der Waals surface area contributed by atoms with Crippen molar-refractivity contribution in [3.63, 3.8) is 0 Å². The van der Waals surface area contributed by atoms with Crippen LogP contribution < -0.4 is 10.2 Å². The summed E-state index contributed by atoms with van der Waals surface area (Å²) in [5.74, 6) is 0.682. The first-order valence-corrected chi connectivity index (χ1v) is 8.74. The molecule has 1 aromatic rings. The highest BCUT2D eigenvalue weighted by atomic mass is 79.9. The van der Waals surface area contributed by atoms with Crippen LogP contribution in [0.2, 0.25) is 0 Å². The Kier molecular flexibility index (Phi) is 6.52. The zero-order valence-corrected chi connectivity index (χ0v) is 14.9. The van der Waals surface area contributed by atoms with Gasteiger partial charge in [0.2, 0.25) is 0 Å². The Morgan fingerprint density at radius 1 is 1.43 bits per heavy atom. The average Bonchev–Trinajstić information content (AvgIpc) is 2.48. The summed E-state index contributed by atoms with van der Waals surface area (Å²) in [6, 6.07) is 7.22. The molecule has 118 valence electrons. The van der Waals surface area contributed by atoms with Crippen LogP contribution in [0.25, 0.3) is 0 Å². The fourth-order valence-corrected chi connectivity index (χ4v) is 3.19. The summed E-state index contributed by atoms with van der Waals surface area (Å²) in [5.41, 5.74) is 2.62. The number of morpholine rings is 1. The number of halogens is 1. The van der Waals surface area contributed by atoms with Crippen LogP contribution in [-0.4, -0.2) is 32.3 Å². The summed E-state index contributed by atoms with van der Waals surface area (Å²) in [6.07, 6.45) is 1.12. The van der Waals surface area contributed by atoms with E-state index >= 15 is 0 Å². The number of hydrogen-bond acceptors (Lipinski definition) is 3. The molecule has 1 saturated heterocycles. The van der Waals surface area contributed by atoms with E-state index in [2.05, 4.69) is 65.1 Å². The molecule has 0 radical (unpaired) electrons. The number of hydrogen-bond donors (Lipinski definition) is 1. The summed E-state index contributed by atoms with van der Waals surface area (Å²) in [6.45, 7) is 11.3. The molecule has 1 aliphatic rings. The van der Waals surface area contributed by atoms with Crippen molar-refractivity contribution in [2.24, 2.45) is 5.92 Å².